The number of halogens is 4. The quantitative estimate of drug-likeness (QED) is 0.825. The van der Waals surface area contributed by atoms with Crippen LogP contribution in [0.25, 0.3) is 0 Å². The summed E-state index contributed by atoms with van der Waals surface area (Å²) in [7, 11) is 0. The summed E-state index contributed by atoms with van der Waals surface area (Å²) >= 11 is 5.68. The molecule has 0 N–H and O–H groups in total. The summed E-state index contributed by atoms with van der Waals surface area (Å²) in [5, 5.41) is 0.215. The molecule has 0 saturated carbocycles. The number of aromatic nitrogens is 1. The summed E-state index contributed by atoms with van der Waals surface area (Å²) in [6.45, 7) is 1.01. The van der Waals surface area contributed by atoms with Crippen molar-refractivity contribution >= 4 is 23.3 Å². The second-order valence-electron chi connectivity index (χ2n) is 6.07. The van der Waals surface area contributed by atoms with Crippen molar-refractivity contribution in [2.75, 3.05) is 31.1 Å². The van der Waals surface area contributed by atoms with E-state index < -0.39 is 11.7 Å². The molecule has 4 nitrogen and oxygen atoms in total. The lowest BCUT2D eigenvalue weighted by atomic mass is 10.0. The number of carbonyl (C=O) groups is 1. The number of alkyl halides is 2. The Hall–Kier alpha value is -1.50. The van der Waals surface area contributed by atoms with Crippen molar-refractivity contribution in [1.29, 1.82) is 0 Å². The Morgan fingerprint density at radius 3 is 2.65 bits per heavy atom. The zero-order chi connectivity index (χ0) is 16.6. The topological polar surface area (TPSA) is 36.4 Å². The Bertz CT molecular complexity index is 604. The average Bonchev–Trinajstić information content (AvgIpc) is 2.96. The van der Waals surface area contributed by atoms with E-state index in [0.717, 1.165) is 0 Å². The van der Waals surface area contributed by atoms with Crippen molar-refractivity contribution in [2.45, 2.75) is 25.2 Å². The number of hydrogen-bond acceptors (Lipinski definition) is 3. The molecule has 1 unspecified atom stereocenters. The number of anilines is 1. The molecule has 0 bridgehead atoms. The summed E-state index contributed by atoms with van der Waals surface area (Å²) in [5.74, 6) is -3.46. The second kappa shape index (κ2) is 6.19. The smallest absolute Gasteiger partial charge is 0.251 e. The van der Waals surface area contributed by atoms with Gasteiger partial charge in [0.25, 0.3) is 5.92 Å². The van der Waals surface area contributed by atoms with Crippen LogP contribution in [0.4, 0.5) is 19.0 Å². The normalized spacial score (nSPS) is 24.1. The molecule has 0 radical (unpaired) electrons. The number of pyridine rings is 1. The Morgan fingerprint density at radius 1 is 1.30 bits per heavy atom. The van der Waals surface area contributed by atoms with Crippen LogP contribution in [0, 0.1) is 11.7 Å². The van der Waals surface area contributed by atoms with E-state index in [1.807, 2.05) is 0 Å². The van der Waals surface area contributed by atoms with Gasteiger partial charge in [-0.3, -0.25) is 4.79 Å². The summed E-state index contributed by atoms with van der Waals surface area (Å²) in [6, 6.07) is 1.19. The van der Waals surface area contributed by atoms with Crippen LogP contribution in [-0.2, 0) is 4.79 Å². The van der Waals surface area contributed by atoms with E-state index in [0.29, 0.717) is 19.5 Å². The predicted molar refractivity (Wildman–Crippen MR) is 80.3 cm³/mol. The number of rotatable bonds is 2. The van der Waals surface area contributed by atoms with E-state index in [2.05, 4.69) is 4.98 Å². The highest BCUT2D eigenvalue weighted by atomic mass is 35.5. The lowest BCUT2D eigenvalue weighted by Crippen LogP contribution is -2.45. The van der Waals surface area contributed by atoms with Crippen molar-refractivity contribution in [2.24, 2.45) is 5.92 Å². The van der Waals surface area contributed by atoms with Crippen LogP contribution in [0.15, 0.2) is 12.3 Å². The highest BCUT2D eigenvalue weighted by molar-refractivity contribution is 6.30. The number of carbonyl (C=O) groups excluding carboxylic acids is 1. The zero-order valence-corrected chi connectivity index (χ0v) is 13.2. The van der Waals surface area contributed by atoms with E-state index >= 15 is 0 Å². The van der Waals surface area contributed by atoms with Crippen LogP contribution in [0.5, 0.6) is 0 Å². The van der Waals surface area contributed by atoms with E-state index in [1.165, 1.54) is 17.2 Å². The fraction of sp³-hybridized carbons (Fsp3) is 0.600. The molecule has 1 aromatic rings. The number of nitrogens with zero attached hydrogens (tertiary/aromatic N) is 3. The molecule has 2 fully saturated rings. The van der Waals surface area contributed by atoms with Gasteiger partial charge in [0.1, 0.15) is 0 Å². The molecule has 126 valence electrons. The van der Waals surface area contributed by atoms with Crippen molar-refractivity contribution < 1.29 is 18.0 Å². The number of likely N-dealkylation sites (tertiary alicyclic amines) is 1. The molecule has 2 aliphatic heterocycles. The van der Waals surface area contributed by atoms with E-state index in [-0.39, 0.29) is 48.6 Å². The molecule has 0 aromatic carbocycles. The van der Waals surface area contributed by atoms with Gasteiger partial charge in [0.05, 0.1) is 10.9 Å². The van der Waals surface area contributed by atoms with Gasteiger partial charge in [0.2, 0.25) is 5.91 Å². The minimum atomic E-state index is -2.67. The van der Waals surface area contributed by atoms with Crippen molar-refractivity contribution in [3.8, 4) is 0 Å². The van der Waals surface area contributed by atoms with Crippen LogP contribution < -0.4 is 4.90 Å². The predicted octanol–water partition coefficient (Wildman–Crippen LogP) is 2.96. The number of piperidine rings is 1. The van der Waals surface area contributed by atoms with Gasteiger partial charge in [-0.05, 0) is 12.5 Å². The summed E-state index contributed by atoms with van der Waals surface area (Å²) < 4.78 is 40.2. The van der Waals surface area contributed by atoms with Gasteiger partial charge < -0.3 is 9.80 Å². The zero-order valence-electron chi connectivity index (χ0n) is 12.4. The van der Waals surface area contributed by atoms with E-state index in [9.17, 15) is 18.0 Å². The highest BCUT2D eigenvalue weighted by Gasteiger charge is 2.39. The van der Waals surface area contributed by atoms with Crippen molar-refractivity contribution in [3.05, 3.63) is 23.1 Å². The molecule has 3 heterocycles. The largest absolute Gasteiger partial charge is 0.353 e. The molecule has 0 spiro atoms. The van der Waals surface area contributed by atoms with Crippen LogP contribution in [-0.4, -0.2) is 47.9 Å². The van der Waals surface area contributed by atoms with Crippen molar-refractivity contribution in [1.82, 2.24) is 9.88 Å². The molecular weight excluding hydrogens is 331 g/mol. The Balaban J connectivity index is 1.62. The molecule has 2 saturated heterocycles. The minimum Gasteiger partial charge on any atom is -0.353 e. The summed E-state index contributed by atoms with van der Waals surface area (Å²) in [6.07, 6.45) is 1.35. The third kappa shape index (κ3) is 3.54. The molecule has 8 heteroatoms. The maximum absolute atomic E-state index is 13.9. The SMILES string of the molecule is O=C(C1CCN(c2ncc(Cl)cc2F)C1)N1CCC(F)(F)CC1. The van der Waals surface area contributed by atoms with Crippen molar-refractivity contribution in [3.63, 3.8) is 0 Å². The summed E-state index contributed by atoms with van der Waals surface area (Å²) in [4.78, 5) is 19.6. The average molecular weight is 348 g/mol. The fourth-order valence-corrected chi connectivity index (χ4v) is 3.25. The first-order valence-electron chi connectivity index (χ1n) is 7.58. The monoisotopic (exact) mass is 347 g/mol. The van der Waals surface area contributed by atoms with Gasteiger partial charge in [-0.25, -0.2) is 18.2 Å². The Kier molecular flexibility index (Phi) is 4.40. The molecule has 23 heavy (non-hydrogen) atoms. The number of amides is 1. The lowest BCUT2D eigenvalue weighted by molar-refractivity contribution is -0.140. The maximum atomic E-state index is 13.9. The molecule has 3 rings (SSSR count). The second-order valence-corrected chi connectivity index (χ2v) is 6.51. The maximum Gasteiger partial charge on any atom is 0.251 e. The van der Waals surface area contributed by atoms with Crippen LogP contribution in [0.3, 0.4) is 0 Å². The van der Waals surface area contributed by atoms with E-state index in [4.69, 9.17) is 11.6 Å². The van der Waals surface area contributed by atoms with Gasteiger partial charge in [-0.15, -0.1) is 0 Å². The molecule has 1 atom stereocenters. The van der Waals surface area contributed by atoms with E-state index in [1.54, 1.807) is 4.90 Å². The van der Waals surface area contributed by atoms with Gasteiger partial charge >= 0.3 is 0 Å². The molecule has 0 aliphatic carbocycles. The van der Waals surface area contributed by atoms with Gasteiger partial charge in [0.15, 0.2) is 11.6 Å². The standard InChI is InChI=1S/C15H17ClF3N3O/c16-11-7-12(17)13(20-8-11)22-4-1-10(9-22)14(23)21-5-2-15(18,19)3-6-21/h7-8,10H,1-6,9H2. The van der Waals surface area contributed by atoms with Gasteiger partial charge in [0, 0.05) is 45.2 Å². The molecule has 2 aliphatic rings. The molecular formula is C15H17ClF3N3O. The Morgan fingerprint density at radius 2 is 2.00 bits per heavy atom. The highest BCUT2D eigenvalue weighted by Crippen LogP contribution is 2.31. The third-order valence-corrected chi connectivity index (χ3v) is 4.64. The van der Waals surface area contributed by atoms with Gasteiger partial charge in [-0.2, -0.15) is 0 Å². The molecule has 1 amide bonds. The lowest BCUT2D eigenvalue weighted by Gasteiger charge is -2.33. The van der Waals surface area contributed by atoms with Gasteiger partial charge in [-0.1, -0.05) is 11.6 Å². The fourth-order valence-electron chi connectivity index (χ4n) is 3.11. The van der Waals surface area contributed by atoms with Crippen LogP contribution in [0.2, 0.25) is 5.02 Å². The third-order valence-electron chi connectivity index (χ3n) is 4.43. The minimum absolute atomic E-state index is 0.0793. The first-order chi connectivity index (χ1) is 10.9. The Labute approximate surface area is 137 Å². The van der Waals surface area contributed by atoms with Crippen LogP contribution >= 0.6 is 11.6 Å². The van der Waals surface area contributed by atoms with Crippen LogP contribution in [0.1, 0.15) is 19.3 Å². The molecule has 1 aromatic heterocycles. The number of hydrogen-bond donors (Lipinski definition) is 0. The first-order valence-corrected chi connectivity index (χ1v) is 7.96. The summed E-state index contributed by atoms with van der Waals surface area (Å²) in [5.41, 5.74) is 0. The first kappa shape index (κ1) is 16.4.